The summed E-state index contributed by atoms with van der Waals surface area (Å²) in [5, 5.41) is 38.4. The van der Waals surface area contributed by atoms with Gasteiger partial charge in [-0.15, -0.1) is 0 Å². The van der Waals surface area contributed by atoms with E-state index in [0.717, 1.165) is 0 Å². The second-order valence-electron chi connectivity index (χ2n) is 8.64. The number of rotatable bonds is 7. The number of nitrogens with zero attached hydrogens (tertiary/aromatic N) is 5. The van der Waals surface area contributed by atoms with E-state index in [0.29, 0.717) is 39.4 Å². The molecule has 0 spiro atoms. The van der Waals surface area contributed by atoms with Crippen LogP contribution in [0.25, 0.3) is 16.9 Å². The highest BCUT2D eigenvalue weighted by Crippen LogP contribution is 2.29. The fourth-order valence-corrected chi connectivity index (χ4v) is 3.50. The second kappa shape index (κ2) is 9.82. The summed E-state index contributed by atoms with van der Waals surface area (Å²) < 4.78 is 15.8. The molecular weight excluding hydrogens is 461 g/mol. The molecule has 1 aromatic carbocycles. The molecule has 0 aliphatic rings. The predicted octanol–water partition coefficient (Wildman–Crippen LogP) is 3.72. The van der Waals surface area contributed by atoms with Gasteiger partial charge in [0.25, 0.3) is 5.91 Å². The molecule has 0 bridgehead atoms. The third-order valence-corrected chi connectivity index (χ3v) is 5.57. The summed E-state index contributed by atoms with van der Waals surface area (Å²) in [6.07, 6.45) is 1.11. The van der Waals surface area contributed by atoms with Crippen LogP contribution in [0.2, 0.25) is 0 Å². The molecule has 4 rings (SSSR count). The largest absolute Gasteiger partial charge is 0.387 e. The number of aliphatic hydroxyl groups is 1. The van der Waals surface area contributed by atoms with E-state index in [2.05, 4.69) is 26.8 Å². The summed E-state index contributed by atoms with van der Waals surface area (Å²) in [5.74, 6) is -0.602. The Morgan fingerprint density at radius 1 is 1.14 bits per heavy atom. The lowest BCUT2D eigenvalue weighted by Gasteiger charge is -2.22. The second-order valence-corrected chi connectivity index (χ2v) is 8.64. The fourth-order valence-electron chi connectivity index (χ4n) is 3.50. The molecule has 9 nitrogen and oxygen atoms in total. The topological polar surface area (TPSA) is 139 Å². The zero-order valence-corrected chi connectivity index (χ0v) is 19.5. The number of fused-ring (bicyclic) bond motifs is 1. The Hall–Kier alpha value is -4.80. The molecule has 1 unspecified atom stereocenters. The van der Waals surface area contributed by atoms with Crippen LogP contribution in [0, 0.1) is 22.7 Å². The number of halogens is 1. The summed E-state index contributed by atoms with van der Waals surface area (Å²) in [4.78, 5) is 17.4. The Morgan fingerprint density at radius 2 is 1.92 bits per heavy atom. The summed E-state index contributed by atoms with van der Waals surface area (Å²) in [6.45, 7) is 2.25. The van der Waals surface area contributed by atoms with E-state index in [1.807, 2.05) is 6.07 Å². The SMILES string of the molecule is CC(C)(O)C(F)CNC(=O)c1cnc(-c2ccc3cc(C#N)cnn23)cc1Nc1ccccc1C#N. The number of benzene rings is 1. The molecule has 0 fully saturated rings. The van der Waals surface area contributed by atoms with E-state index in [4.69, 9.17) is 5.26 Å². The highest BCUT2D eigenvalue weighted by atomic mass is 19.1. The van der Waals surface area contributed by atoms with Crippen molar-refractivity contribution in [3.63, 3.8) is 0 Å². The van der Waals surface area contributed by atoms with E-state index >= 15 is 0 Å². The third-order valence-electron chi connectivity index (χ3n) is 5.57. The molecular formula is C26H22FN7O2. The van der Waals surface area contributed by atoms with Crippen LogP contribution in [-0.4, -0.2) is 43.9 Å². The van der Waals surface area contributed by atoms with Crippen LogP contribution in [0.15, 0.2) is 60.9 Å². The number of nitrogens with one attached hydrogen (secondary N) is 2. The molecule has 36 heavy (non-hydrogen) atoms. The normalized spacial score (nSPS) is 11.9. The maximum absolute atomic E-state index is 14.2. The molecule has 3 heterocycles. The molecule has 0 saturated carbocycles. The van der Waals surface area contributed by atoms with Gasteiger partial charge in [0.15, 0.2) is 0 Å². The number of hydrogen-bond acceptors (Lipinski definition) is 7. The molecule has 0 saturated heterocycles. The molecule has 180 valence electrons. The number of nitriles is 2. The van der Waals surface area contributed by atoms with Gasteiger partial charge in [-0.1, -0.05) is 12.1 Å². The molecule has 3 N–H and O–H groups in total. The molecule has 3 aromatic heterocycles. The number of anilines is 2. The van der Waals surface area contributed by atoms with Crippen LogP contribution in [0.4, 0.5) is 15.8 Å². The minimum atomic E-state index is -1.68. The first-order valence-electron chi connectivity index (χ1n) is 11.0. The van der Waals surface area contributed by atoms with Crippen molar-refractivity contribution in [1.82, 2.24) is 19.9 Å². The maximum atomic E-state index is 14.2. The zero-order valence-electron chi connectivity index (χ0n) is 19.5. The van der Waals surface area contributed by atoms with Crippen molar-refractivity contribution in [2.45, 2.75) is 25.6 Å². The number of para-hydroxylation sites is 1. The average Bonchev–Trinajstić information content (AvgIpc) is 3.30. The minimum absolute atomic E-state index is 0.120. The lowest BCUT2D eigenvalue weighted by molar-refractivity contribution is -0.00177. The number of amides is 1. The van der Waals surface area contributed by atoms with Gasteiger partial charge in [-0.25, -0.2) is 8.91 Å². The van der Waals surface area contributed by atoms with Crippen molar-refractivity contribution in [3.05, 3.63) is 77.6 Å². The molecule has 0 aliphatic heterocycles. The van der Waals surface area contributed by atoms with Crippen molar-refractivity contribution < 1.29 is 14.3 Å². The summed E-state index contributed by atoms with van der Waals surface area (Å²) in [5.41, 5.74) is 1.88. The van der Waals surface area contributed by atoms with Gasteiger partial charge < -0.3 is 15.7 Å². The van der Waals surface area contributed by atoms with Crippen molar-refractivity contribution in [2.75, 3.05) is 11.9 Å². The Balaban J connectivity index is 1.75. The lowest BCUT2D eigenvalue weighted by Crippen LogP contribution is -2.42. The van der Waals surface area contributed by atoms with E-state index in [1.54, 1.807) is 53.0 Å². The van der Waals surface area contributed by atoms with Crippen LogP contribution in [-0.2, 0) is 0 Å². The molecule has 1 atom stereocenters. The smallest absolute Gasteiger partial charge is 0.255 e. The number of pyridine rings is 1. The van der Waals surface area contributed by atoms with Crippen LogP contribution in [0.1, 0.15) is 35.3 Å². The Morgan fingerprint density at radius 3 is 2.64 bits per heavy atom. The standard InChI is InChI=1S/C26H22FN7O2/c1-26(2,36)24(27)15-31-25(35)19-14-30-22(10-21(19)33-20-6-4-3-5-17(20)12-29)23-8-7-18-9-16(11-28)13-32-34(18)23/h3-10,13-14,24,36H,15H2,1-2H3,(H,30,33)(H,31,35). The first kappa shape index (κ1) is 24.3. The van der Waals surface area contributed by atoms with Gasteiger partial charge in [-0.3, -0.25) is 9.78 Å². The highest BCUT2D eigenvalue weighted by Gasteiger charge is 2.27. The lowest BCUT2D eigenvalue weighted by atomic mass is 10.0. The fraction of sp³-hybridized carbons (Fsp3) is 0.192. The van der Waals surface area contributed by atoms with Crippen LogP contribution >= 0.6 is 0 Å². The minimum Gasteiger partial charge on any atom is -0.387 e. The van der Waals surface area contributed by atoms with E-state index in [9.17, 15) is 19.6 Å². The van der Waals surface area contributed by atoms with Crippen molar-refractivity contribution in [2.24, 2.45) is 0 Å². The van der Waals surface area contributed by atoms with Crippen molar-refractivity contribution in [1.29, 1.82) is 10.5 Å². The van der Waals surface area contributed by atoms with Crippen LogP contribution < -0.4 is 10.6 Å². The van der Waals surface area contributed by atoms with Gasteiger partial charge in [-0.05, 0) is 50.2 Å². The van der Waals surface area contributed by atoms with Crippen LogP contribution in [0.5, 0.6) is 0 Å². The van der Waals surface area contributed by atoms with Gasteiger partial charge in [-0.2, -0.15) is 15.6 Å². The Labute approximate surface area is 206 Å². The van der Waals surface area contributed by atoms with Gasteiger partial charge in [0, 0.05) is 6.20 Å². The predicted molar refractivity (Wildman–Crippen MR) is 131 cm³/mol. The number of hydrogen-bond donors (Lipinski definition) is 3. The van der Waals surface area contributed by atoms with Gasteiger partial charge in [0.1, 0.15) is 18.3 Å². The molecule has 0 radical (unpaired) electrons. The van der Waals surface area contributed by atoms with Gasteiger partial charge in [0.05, 0.1) is 63.3 Å². The Kier molecular flexibility index (Phi) is 6.64. The first-order chi connectivity index (χ1) is 17.2. The number of aromatic nitrogens is 3. The molecule has 4 aromatic rings. The summed E-state index contributed by atoms with van der Waals surface area (Å²) in [6, 6.07) is 17.9. The van der Waals surface area contributed by atoms with Crippen molar-refractivity contribution in [3.8, 4) is 23.5 Å². The third kappa shape index (κ3) is 4.99. The highest BCUT2D eigenvalue weighted by molar-refractivity contribution is 6.00. The number of carbonyl (C=O) groups excluding carboxylic acids is 1. The monoisotopic (exact) mass is 483 g/mol. The van der Waals surface area contributed by atoms with Gasteiger partial charge in [0.2, 0.25) is 0 Å². The molecule has 1 amide bonds. The maximum Gasteiger partial charge on any atom is 0.255 e. The summed E-state index contributed by atoms with van der Waals surface area (Å²) in [7, 11) is 0. The van der Waals surface area contributed by atoms with E-state index in [-0.39, 0.29) is 5.56 Å². The quantitative estimate of drug-likeness (QED) is 0.364. The number of alkyl halides is 1. The average molecular weight is 484 g/mol. The molecule has 10 heteroatoms. The van der Waals surface area contributed by atoms with Crippen LogP contribution in [0.3, 0.4) is 0 Å². The van der Waals surface area contributed by atoms with Crippen molar-refractivity contribution >= 4 is 22.8 Å². The Bertz CT molecular complexity index is 1530. The van der Waals surface area contributed by atoms with E-state index < -0.39 is 24.2 Å². The van der Waals surface area contributed by atoms with Gasteiger partial charge >= 0.3 is 0 Å². The summed E-state index contributed by atoms with van der Waals surface area (Å²) >= 11 is 0. The zero-order chi connectivity index (χ0) is 25.9. The first-order valence-corrected chi connectivity index (χ1v) is 11.0. The van der Waals surface area contributed by atoms with E-state index in [1.165, 1.54) is 26.2 Å². The number of carbonyl (C=O) groups is 1. The molecule has 0 aliphatic carbocycles.